The van der Waals surface area contributed by atoms with E-state index in [0.29, 0.717) is 18.0 Å². The zero-order valence-corrected chi connectivity index (χ0v) is 12.5. The third-order valence-electron chi connectivity index (χ3n) is 3.74. The molecule has 0 aliphatic carbocycles. The number of nitrogens with two attached hydrogens (primary N) is 1. The molecule has 0 fully saturated rings. The summed E-state index contributed by atoms with van der Waals surface area (Å²) in [6, 6.07) is 4.71. The molecule has 0 amide bonds. The van der Waals surface area contributed by atoms with Crippen LogP contribution >= 0.6 is 11.3 Å². The molecule has 0 bridgehead atoms. The van der Waals surface area contributed by atoms with E-state index in [1.165, 1.54) is 11.3 Å². The van der Waals surface area contributed by atoms with Gasteiger partial charge in [-0.1, -0.05) is 38.5 Å². The maximum Gasteiger partial charge on any atom is 0.0567 e. The van der Waals surface area contributed by atoms with E-state index >= 15 is 0 Å². The zero-order chi connectivity index (χ0) is 13.2. The van der Waals surface area contributed by atoms with Crippen LogP contribution in [0, 0.1) is 5.41 Å². The summed E-state index contributed by atoms with van der Waals surface area (Å²) in [7, 11) is 0. The van der Waals surface area contributed by atoms with Crippen LogP contribution in [0.15, 0.2) is 29.2 Å². The SMILES string of the molecule is CC(C)(C)C1=CCN(C(CN)c2cccs2)CC1. The van der Waals surface area contributed by atoms with Gasteiger partial charge in [-0.25, -0.2) is 0 Å². The number of hydrogen-bond donors (Lipinski definition) is 1. The molecule has 2 rings (SSSR count). The van der Waals surface area contributed by atoms with Gasteiger partial charge in [-0.3, -0.25) is 4.90 Å². The summed E-state index contributed by atoms with van der Waals surface area (Å²) in [5, 5.41) is 2.14. The molecule has 1 aliphatic heterocycles. The Bertz CT molecular complexity index is 401. The molecular formula is C15H24N2S. The first-order valence-electron chi connectivity index (χ1n) is 6.69. The molecule has 1 aromatic rings. The minimum absolute atomic E-state index is 0.313. The van der Waals surface area contributed by atoms with E-state index in [1.807, 2.05) is 11.3 Å². The Morgan fingerprint density at radius 2 is 2.22 bits per heavy atom. The van der Waals surface area contributed by atoms with Crippen molar-refractivity contribution in [2.24, 2.45) is 11.1 Å². The van der Waals surface area contributed by atoms with Crippen LogP contribution in [0.4, 0.5) is 0 Å². The van der Waals surface area contributed by atoms with E-state index in [4.69, 9.17) is 5.73 Å². The Kier molecular flexibility index (Phi) is 4.25. The lowest BCUT2D eigenvalue weighted by Crippen LogP contribution is -2.37. The molecule has 0 spiro atoms. The van der Waals surface area contributed by atoms with Gasteiger partial charge in [-0.05, 0) is 23.3 Å². The van der Waals surface area contributed by atoms with E-state index < -0.39 is 0 Å². The molecule has 1 unspecified atom stereocenters. The predicted molar refractivity (Wildman–Crippen MR) is 79.8 cm³/mol. The molecule has 0 aromatic carbocycles. The third kappa shape index (κ3) is 3.02. The normalized spacial score (nSPS) is 19.7. The number of nitrogens with zero attached hydrogens (tertiary/aromatic N) is 1. The lowest BCUT2D eigenvalue weighted by atomic mass is 9.82. The Labute approximate surface area is 114 Å². The summed E-state index contributed by atoms with van der Waals surface area (Å²) >= 11 is 1.81. The largest absolute Gasteiger partial charge is 0.329 e. The van der Waals surface area contributed by atoms with Gasteiger partial charge in [-0.2, -0.15) is 0 Å². The molecule has 18 heavy (non-hydrogen) atoms. The maximum absolute atomic E-state index is 5.96. The van der Waals surface area contributed by atoms with Crippen LogP contribution in [0.2, 0.25) is 0 Å². The second-order valence-electron chi connectivity index (χ2n) is 5.99. The monoisotopic (exact) mass is 264 g/mol. The summed E-state index contributed by atoms with van der Waals surface area (Å²) in [6.07, 6.45) is 3.57. The molecule has 1 aliphatic rings. The van der Waals surface area contributed by atoms with E-state index in [-0.39, 0.29) is 0 Å². The topological polar surface area (TPSA) is 29.3 Å². The summed E-state index contributed by atoms with van der Waals surface area (Å²) in [6.45, 7) is 9.77. The van der Waals surface area contributed by atoms with Gasteiger partial charge >= 0.3 is 0 Å². The van der Waals surface area contributed by atoms with Crippen LogP contribution in [0.3, 0.4) is 0 Å². The molecule has 100 valence electrons. The number of rotatable bonds is 3. The highest BCUT2D eigenvalue weighted by Gasteiger charge is 2.25. The molecule has 1 aromatic heterocycles. The molecule has 1 atom stereocenters. The lowest BCUT2D eigenvalue weighted by molar-refractivity contribution is 0.212. The second kappa shape index (κ2) is 5.55. The highest BCUT2D eigenvalue weighted by atomic mass is 32.1. The van der Waals surface area contributed by atoms with Crippen molar-refractivity contribution in [1.82, 2.24) is 4.90 Å². The summed E-state index contributed by atoms with van der Waals surface area (Å²) in [5.74, 6) is 0. The van der Waals surface area contributed by atoms with E-state index in [0.717, 1.165) is 13.1 Å². The molecule has 0 radical (unpaired) electrons. The van der Waals surface area contributed by atoms with E-state index in [1.54, 1.807) is 5.57 Å². The minimum atomic E-state index is 0.313. The predicted octanol–water partition coefficient (Wildman–Crippen LogP) is 3.43. The van der Waals surface area contributed by atoms with Gasteiger partial charge in [0.2, 0.25) is 0 Å². The Morgan fingerprint density at radius 3 is 2.67 bits per heavy atom. The fraction of sp³-hybridized carbons (Fsp3) is 0.600. The first-order valence-corrected chi connectivity index (χ1v) is 7.57. The zero-order valence-electron chi connectivity index (χ0n) is 11.6. The average molecular weight is 264 g/mol. The average Bonchev–Trinajstić information content (AvgIpc) is 2.83. The molecule has 0 saturated heterocycles. The first-order chi connectivity index (χ1) is 8.52. The quantitative estimate of drug-likeness (QED) is 0.848. The van der Waals surface area contributed by atoms with Crippen LogP contribution in [-0.2, 0) is 0 Å². The van der Waals surface area contributed by atoms with Crippen molar-refractivity contribution in [1.29, 1.82) is 0 Å². The van der Waals surface area contributed by atoms with Crippen molar-refractivity contribution in [3.8, 4) is 0 Å². The van der Waals surface area contributed by atoms with Crippen LogP contribution in [0.1, 0.15) is 38.1 Å². The van der Waals surface area contributed by atoms with Gasteiger partial charge in [0, 0.05) is 24.5 Å². The summed E-state index contributed by atoms with van der Waals surface area (Å²) < 4.78 is 0. The van der Waals surface area contributed by atoms with Crippen LogP contribution in [0.5, 0.6) is 0 Å². The fourth-order valence-electron chi connectivity index (χ4n) is 2.58. The lowest BCUT2D eigenvalue weighted by Gasteiger charge is -2.36. The van der Waals surface area contributed by atoms with Crippen molar-refractivity contribution in [2.75, 3.05) is 19.6 Å². The molecule has 0 saturated carbocycles. The summed E-state index contributed by atoms with van der Waals surface area (Å²) in [4.78, 5) is 3.89. The third-order valence-corrected chi connectivity index (χ3v) is 4.71. The van der Waals surface area contributed by atoms with Gasteiger partial charge < -0.3 is 5.73 Å². The Hall–Kier alpha value is -0.640. The molecule has 2 N–H and O–H groups in total. The summed E-state index contributed by atoms with van der Waals surface area (Å²) in [5.41, 5.74) is 7.86. The first kappa shape index (κ1) is 13.8. The number of thiophene rings is 1. The van der Waals surface area contributed by atoms with Gasteiger partial charge in [0.05, 0.1) is 6.04 Å². The van der Waals surface area contributed by atoms with Crippen molar-refractivity contribution < 1.29 is 0 Å². The smallest absolute Gasteiger partial charge is 0.0567 e. The highest BCUT2D eigenvalue weighted by molar-refractivity contribution is 7.10. The maximum atomic E-state index is 5.96. The Morgan fingerprint density at radius 1 is 1.44 bits per heavy atom. The van der Waals surface area contributed by atoms with Crippen LogP contribution < -0.4 is 5.73 Å². The second-order valence-corrected chi connectivity index (χ2v) is 6.97. The van der Waals surface area contributed by atoms with E-state index in [9.17, 15) is 0 Å². The molecule has 3 heteroatoms. The van der Waals surface area contributed by atoms with Crippen LogP contribution in [-0.4, -0.2) is 24.5 Å². The highest BCUT2D eigenvalue weighted by Crippen LogP contribution is 2.33. The van der Waals surface area contributed by atoms with Gasteiger partial charge in [0.1, 0.15) is 0 Å². The minimum Gasteiger partial charge on any atom is -0.329 e. The molecule has 2 heterocycles. The van der Waals surface area contributed by atoms with Crippen molar-refractivity contribution in [3.63, 3.8) is 0 Å². The number of hydrogen-bond acceptors (Lipinski definition) is 3. The van der Waals surface area contributed by atoms with Crippen molar-refractivity contribution >= 4 is 11.3 Å². The van der Waals surface area contributed by atoms with Gasteiger partial charge in [0.15, 0.2) is 0 Å². The van der Waals surface area contributed by atoms with Gasteiger partial charge in [0.25, 0.3) is 0 Å². The standard InChI is InChI=1S/C15H24N2S/c1-15(2,3)12-6-8-17(9-7-12)13(11-16)14-5-4-10-18-14/h4-6,10,13H,7-9,11,16H2,1-3H3. The van der Waals surface area contributed by atoms with Crippen molar-refractivity contribution in [3.05, 3.63) is 34.0 Å². The van der Waals surface area contributed by atoms with Crippen molar-refractivity contribution in [2.45, 2.75) is 33.2 Å². The Balaban J connectivity index is 2.07. The fourth-order valence-corrected chi connectivity index (χ4v) is 3.45. The van der Waals surface area contributed by atoms with Crippen LogP contribution in [0.25, 0.3) is 0 Å². The van der Waals surface area contributed by atoms with Gasteiger partial charge in [-0.15, -0.1) is 11.3 Å². The van der Waals surface area contributed by atoms with E-state index in [2.05, 4.69) is 49.3 Å². The molecular weight excluding hydrogens is 240 g/mol. The molecule has 2 nitrogen and oxygen atoms in total.